The van der Waals surface area contributed by atoms with Crippen LogP contribution in [0.2, 0.25) is 0 Å². The Hall–Kier alpha value is -1.71. The van der Waals surface area contributed by atoms with Crippen molar-refractivity contribution in [2.24, 2.45) is 7.05 Å². The summed E-state index contributed by atoms with van der Waals surface area (Å²) in [4.78, 5) is 4.02. The molecule has 3 aromatic rings. The average molecular weight is 379 g/mol. The van der Waals surface area contributed by atoms with Gasteiger partial charge in [0, 0.05) is 41.5 Å². The lowest BCUT2D eigenvalue weighted by Gasteiger charge is -2.27. The Morgan fingerprint density at radius 3 is 2.41 bits per heavy atom. The molecule has 0 saturated carbocycles. The molecule has 0 atom stereocenters. The zero-order valence-electron chi connectivity index (χ0n) is 16.6. The second kappa shape index (κ2) is 8.53. The molecule has 1 fully saturated rings. The van der Waals surface area contributed by atoms with E-state index in [0.29, 0.717) is 0 Å². The minimum atomic E-state index is 1.01. The fourth-order valence-electron chi connectivity index (χ4n) is 4.33. The van der Waals surface area contributed by atoms with Gasteiger partial charge < -0.3 is 4.57 Å². The van der Waals surface area contributed by atoms with Crippen LogP contribution in [-0.4, -0.2) is 28.3 Å². The molecule has 1 aliphatic heterocycles. The summed E-state index contributed by atoms with van der Waals surface area (Å²) >= 11 is 1.91. The van der Waals surface area contributed by atoms with E-state index in [1.165, 1.54) is 65.0 Å². The van der Waals surface area contributed by atoms with Gasteiger partial charge in [-0.2, -0.15) is 0 Å². The molecule has 3 heteroatoms. The van der Waals surface area contributed by atoms with Crippen molar-refractivity contribution in [3.8, 4) is 0 Å². The number of rotatable bonds is 6. The van der Waals surface area contributed by atoms with Crippen LogP contribution < -0.4 is 0 Å². The number of hydrogen-bond donors (Lipinski definition) is 0. The minimum absolute atomic E-state index is 1.01. The molecule has 142 valence electrons. The first-order chi connectivity index (χ1) is 13.3. The summed E-state index contributed by atoms with van der Waals surface area (Å²) in [5.74, 6) is 1.13. The van der Waals surface area contributed by atoms with Crippen LogP contribution in [0.3, 0.4) is 0 Å². The number of piperidine rings is 1. The van der Waals surface area contributed by atoms with Crippen molar-refractivity contribution in [2.75, 3.05) is 18.8 Å². The van der Waals surface area contributed by atoms with Gasteiger partial charge in [-0.1, -0.05) is 43.7 Å². The Morgan fingerprint density at radius 1 is 0.926 bits per heavy atom. The lowest BCUT2D eigenvalue weighted by molar-refractivity contribution is 0.221. The molecule has 0 unspecified atom stereocenters. The molecule has 1 saturated heterocycles. The maximum atomic E-state index is 2.65. The highest BCUT2D eigenvalue weighted by molar-refractivity contribution is 7.99. The van der Waals surface area contributed by atoms with Gasteiger partial charge in [-0.05, 0) is 61.0 Å². The van der Waals surface area contributed by atoms with Gasteiger partial charge in [-0.15, -0.1) is 11.8 Å². The van der Waals surface area contributed by atoms with Crippen molar-refractivity contribution in [3.63, 3.8) is 0 Å². The number of para-hydroxylation sites is 1. The van der Waals surface area contributed by atoms with Gasteiger partial charge in [0.2, 0.25) is 0 Å². The fourth-order valence-corrected chi connectivity index (χ4v) is 4.99. The van der Waals surface area contributed by atoms with E-state index in [1.54, 1.807) is 0 Å². The van der Waals surface area contributed by atoms with Crippen molar-refractivity contribution in [3.05, 3.63) is 65.4 Å². The van der Waals surface area contributed by atoms with Crippen LogP contribution in [0.25, 0.3) is 10.9 Å². The van der Waals surface area contributed by atoms with Crippen LogP contribution in [0.15, 0.2) is 53.4 Å². The predicted octanol–water partition coefficient (Wildman–Crippen LogP) is 5.87. The summed E-state index contributed by atoms with van der Waals surface area (Å²) in [5.41, 5.74) is 5.76. The second-order valence-corrected chi connectivity index (χ2v) is 8.93. The number of aryl methyl sites for hydroxylation is 1. The first-order valence-corrected chi connectivity index (χ1v) is 11.2. The number of thioether (sulfide) groups is 1. The molecular weight excluding hydrogens is 348 g/mol. The van der Waals surface area contributed by atoms with E-state index in [0.717, 1.165) is 18.7 Å². The van der Waals surface area contributed by atoms with Crippen LogP contribution in [0, 0.1) is 0 Å². The predicted molar refractivity (Wildman–Crippen MR) is 118 cm³/mol. The smallest absolute Gasteiger partial charge is 0.0483 e. The molecule has 2 aromatic carbocycles. The first-order valence-electron chi connectivity index (χ1n) is 10.3. The molecule has 1 aliphatic rings. The van der Waals surface area contributed by atoms with Gasteiger partial charge in [0.25, 0.3) is 0 Å². The molecule has 2 heterocycles. The summed E-state index contributed by atoms with van der Waals surface area (Å²) in [6, 6.07) is 18.1. The van der Waals surface area contributed by atoms with Crippen molar-refractivity contribution in [1.82, 2.24) is 9.47 Å². The van der Waals surface area contributed by atoms with Crippen LogP contribution in [0.1, 0.15) is 43.0 Å². The molecular formula is C24H30N2S. The number of nitrogens with zero attached hydrogens (tertiary/aromatic N) is 2. The van der Waals surface area contributed by atoms with E-state index in [1.807, 2.05) is 11.8 Å². The quantitative estimate of drug-likeness (QED) is 0.496. The Balaban J connectivity index is 1.67. The van der Waals surface area contributed by atoms with Crippen molar-refractivity contribution >= 4 is 22.7 Å². The van der Waals surface area contributed by atoms with Crippen LogP contribution in [0.4, 0.5) is 0 Å². The monoisotopic (exact) mass is 378 g/mol. The van der Waals surface area contributed by atoms with Gasteiger partial charge in [0.1, 0.15) is 0 Å². The Morgan fingerprint density at radius 2 is 1.67 bits per heavy atom. The van der Waals surface area contributed by atoms with Gasteiger partial charge >= 0.3 is 0 Å². The molecule has 4 rings (SSSR count). The molecule has 0 spiro atoms. The SMILES string of the molecule is CCSc1ccc(Cc2c(CN3CCCCC3)c3ccccc3n2C)cc1. The second-order valence-electron chi connectivity index (χ2n) is 7.59. The first kappa shape index (κ1) is 18.6. The van der Waals surface area contributed by atoms with Crippen LogP contribution in [-0.2, 0) is 20.0 Å². The van der Waals surface area contributed by atoms with Crippen molar-refractivity contribution < 1.29 is 0 Å². The highest BCUT2D eigenvalue weighted by Gasteiger charge is 2.19. The minimum Gasteiger partial charge on any atom is -0.347 e. The van der Waals surface area contributed by atoms with Gasteiger partial charge in [-0.3, -0.25) is 4.90 Å². The summed E-state index contributed by atoms with van der Waals surface area (Å²) < 4.78 is 2.42. The van der Waals surface area contributed by atoms with Gasteiger partial charge in [0.15, 0.2) is 0 Å². The summed E-state index contributed by atoms with van der Waals surface area (Å²) in [6.07, 6.45) is 5.08. The van der Waals surface area contributed by atoms with Crippen LogP contribution >= 0.6 is 11.8 Å². The summed E-state index contributed by atoms with van der Waals surface area (Å²) in [5, 5.41) is 1.43. The third-order valence-corrected chi connectivity index (χ3v) is 6.67. The molecule has 0 N–H and O–H groups in total. The highest BCUT2D eigenvalue weighted by Crippen LogP contribution is 2.30. The van der Waals surface area contributed by atoms with Crippen molar-refractivity contribution in [2.45, 2.75) is 44.0 Å². The Kier molecular flexibility index (Phi) is 5.89. The third-order valence-electron chi connectivity index (χ3n) is 5.78. The molecule has 0 aliphatic carbocycles. The topological polar surface area (TPSA) is 8.17 Å². The number of fused-ring (bicyclic) bond motifs is 1. The van der Waals surface area contributed by atoms with E-state index < -0.39 is 0 Å². The molecule has 27 heavy (non-hydrogen) atoms. The zero-order chi connectivity index (χ0) is 18.6. The Labute approximate surface area is 167 Å². The zero-order valence-corrected chi connectivity index (χ0v) is 17.4. The molecule has 0 amide bonds. The maximum absolute atomic E-state index is 2.65. The van der Waals surface area contributed by atoms with Gasteiger partial charge in [0.05, 0.1) is 0 Å². The molecule has 0 bridgehead atoms. The summed E-state index contributed by atoms with van der Waals surface area (Å²) in [7, 11) is 2.23. The van der Waals surface area contributed by atoms with E-state index >= 15 is 0 Å². The van der Waals surface area contributed by atoms with Gasteiger partial charge in [-0.25, -0.2) is 0 Å². The maximum Gasteiger partial charge on any atom is 0.0483 e. The lowest BCUT2D eigenvalue weighted by atomic mass is 10.0. The largest absolute Gasteiger partial charge is 0.347 e. The highest BCUT2D eigenvalue weighted by atomic mass is 32.2. The number of likely N-dealkylation sites (tertiary alicyclic amines) is 1. The van der Waals surface area contributed by atoms with E-state index in [4.69, 9.17) is 0 Å². The number of hydrogen-bond acceptors (Lipinski definition) is 2. The normalized spacial score (nSPS) is 15.5. The van der Waals surface area contributed by atoms with Crippen molar-refractivity contribution in [1.29, 1.82) is 0 Å². The number of aromatic nitrogens is 1. The fraction of sp³-hybridized carbons (Fsp3) is 0.417. The molecule has 0 radical (unpaired) electrons. The van der Waals surface area contributed by atoms with E-state index in [9.17, 15) is 0 Å². The standard InChI is InChI=1S/C24H30N2S/c1-3-27-20-13-11-19(12-14-20)17-24-22(18-26-15-7-4-8-16-26)21-9-5-6-10-23(21)25(24)2/h5-6,9-14H,3-4,7-8,15-18H2,1-2H3. The average Bonchev–Trinajstić information content (AvgIpc) is 2.97. The molecule has 2 nitrogen and oxygen atoms in total. The summed E-state index contributed by atoms with van der Waals surface area (Å²) in [6.45, 7) is 5.78. The van der Waals surface area contributed by atoms with E-state index in [2.05, 4.69) is 72.0 Å². The number of benzene rings is 2. The molecule has 1 aromatic heterocycles. The van der Waals surface area contributed by atoms with Crippen LogP contribution in [0.5, 0.6) is 0 Å². The third kappa shape index (κ3) is 4.09. The Bertz CT molecular complexity index is 889. The van der Waals surface area contributed by atoms with E-state index in [-0.39, 0.29) is 0 Å². The lowest BCUT2D eigenvalue weighted by Crippen LogP contribution is -2.29.